The molecule has 0 bridgehead atoms. The Morgan fingerprint density at radius 2 is 1.96 bits per heavy atom. The minimum absolute atomic E-state index is 0. The molecule has 2 N–H and O–H groups in total. The Kier molecular flexibility index (Phi) is 5.94. The third-order valence-electron chi connectivity index (χ3n) is 4.99. The Morgan fingerprint density at radius 3 is 2.62 bits per heavy atom. The summed E-state index contributed by atoms with van der Waals surface area (Å²) in [6.45, 7) is 2.48. The number of hydrogen-bond acceptors (Lipinski definition) is 4. The highest BCUT2D eigenvalue weighted by atomic mass is 35.5. The highest BCUT2D eigenvalue weighted by molar-refractivity contribution is 7.89. The van der Waals surface area contributed by atoms with Crippen LogP contribution in [0, 0.1) is 11.3 Å². The summed E-state index contributed by atoms with van der Waals surface area (Å²) in [6.07, 6.45) is 4.42. The first-order valence-electron chi connectivity index (χ1n) is 8.12. The molecule has 1 saturated carbocycles. The van der Waals surface area contributed by atoms with Gasteiger partial charge in [-0.3, -0.25) is 4.79 Å². The molecule has 1 heterocycles. The van der Waals surface area contributed by atoms with E-state index in [0.717, 1.165) is 43.5 Å². The summed E-state index contributed by atoms with van der Waals surface area (Å²) in [5, 5.41) is 6.36. The van der Waals surface area contributed by atoms with Gasteiger partial charge in [-0.25, -0.2) is 8.42 Å². The molecule has 1 unspecified atom stereocenters. The number of amides is 1. The van der Waals surface area contributed by atoms with Crippen LogP contribution in [0.4, 0.5) is 0 Å². The van der Waals surface area contributed by atoms with Crippen LogP contribution >= 0.6 is 12.4 Å². The van der Waals surface area contributed by atoms with Crippen molar-refractivity contribution in [3.8, 4) is 0 Å². The van der Waals surface area contributed by atoms with Crippen molar-refractivity contribution in [1.29, 1.82) is 0 Å². The lowest BCUT2D eigenvalue weighted by Gasteiger charge is -2.23. The Hall–Kier alpha value is -1.11. The van der Waals surface area contributed by atoms with Crippen LogP contribution in [0.15, 0.2) is 24.3 Å². The maximum absolute atomic E-state index is 12.3. The van der Waals surface area contributed by atoms with Gasteiger partial charge < -0.3 is 10.6 Å². The van der Waals surface area contributed by atoms with Crippen molar-refractivity contribution < 1.29 is 13.2 Å². The Bertz CT molecular complexity index is 700. The van der Waals surface area contributed by atoms with Gasteiger partial charge in [0.05, 0.1) is 5.75 Å². The van der Waals surface area contributed by atoms with Crippen molar-refractivity contribution >= 4 is 28.2 Å². The van der Waals surface area contributed by atoms with Crippen molar-refractivity contribution in [2.24, 2.45) is 11.3 Å². The molecular weight excluding hydrogens is 348 g/mol. The largest absolute Gasteiger partial charge is 0.352 e. The van der Waals surface area contributed by atoms with Crippen LogP contribution in [0.1, 0.15) is 30.4 Å². The number of sulfone groups is 1. The molecule has 0 aromatic heterocycles. The van der Waals surface area contributed by atoms with Gasteiger partial charge in [0.15, 0.2) is 9.84 Å². The van der Waals surface area contributed by atoms with E-state index < -0.39 is 9.84 Å². The van der Waals surface area contributed by atoms with Crippen LogP contribution in [0.3, 0.4) is 0 Å². The lowest BCUT2D eigenvalue weighted by atomic mass is 9.92. The molecule has 1 aliphatic carbocycles. The van der Waals surface area contributed by atoms with Crippen molar-refractivity contribution in [3.05, 3.63) is 35.4 Å². The molecule has 2 fully saturated rings. The summed E-state index contributed by atoms with van der Waals surface area (Å²) in [7, 11) is -3.04. The molecular formula is C17H25ClN2O3S. The summed E-state index contributed by atoms with van der Waals surface area (Å²) < 4.78 is 22.7. The van der Waals surface area contributed by atoms with E-state index in [-0.39, 0.29) is 35.4 Å². The molecule has 24 heavy (non-hydrogen) atoms. The number of rotatable bonds is 5. The van der Waals surface area contributed by atoms with E-state index in [0.29, 0.717) is 6.54 Å². The number of hydrogen-bond donors (Lipinski definition) is 2. The summed E-state index contributed by atoms with van der Waals surface area (Å²) in [6, 6.07) is 7.42. The zero-order valence-corrected chi connectivity index (χ0v) is 15.5. The molecule has 1 aromatic rings. The highest BCUT2D eigenvalue weighted by Gasteiger charge is 2.57. The van der Waals surface area contributed by atoms with E-state index in [1.807, 2.05) is 18.2 Å². The third-order valence-corrected chi connectivity index (χ3v) is 5.85. The number of halogens is 1. The van der Waals surface area contributed by atoms with Gasteiger partial charge in [-0.2, -0.15) is 0 Å². The van der Waals surface area contributed by atoms with Gasteiger partial charge in [0.2, 0.25) is 5.91 Å². The lowest BCUT2D eigenvalue weighted by molar-refractivity contribution is -0.123. The van der Waals surface area contributed by atoms with Gasteiger partial charge in [-0.1, -0.05) is 24.3 Å². The zero-order chi connectivity index (χ0) is 16.5. The number of carbonyl (C=O) groups excluding carboxylic acids is 1. The Labute approximate surface area is 149 Å². The van der Waals surface area contributed by atoms with Crippen LogP contribution in [-0.2, 0) is 26.9 Å². The molecule has 1 saturated heterocycles. The van der Waals surface area contributed by atoms with E-state index in [1.165, 1.54) is 6.26 Å². The number of carbonyl (C=O) groups is 1. The van der Waals surface area contributed by atoms with Crippen molar-refractivity contribution in [2.75, 3.05) is 19.3 Å². The molecule has 7 heteroatoms. The minimum Gasteiger partial charge on any atom is -0.352 e. The summed E-state index contributed by atoms with van der Waals surface area (Å²) in [4.78, 5) is 12.3. The quantitative estimate of drug-likeness (QED) is 0.824. The molecule has 134 valence electrons. The fourth-order valence-electron chi connectivity index (χ4n) is 3.64. The van der Waals surface area contributed by atoms with Crippen molar-refractivity contribution in [2.45, 2.75) is 31.6 Å². The standard InChI is InChI=1S/C17H24N2O3S.ClH/c1-23(21,22)12-14-4-2-3-13(9-14)11-19-16(20)15-10-17(15)5-7-18-8-6-17;/h2-4,9,15,18H,5-8,10-12H2,1H3,(H,19,20);1H. The molecule has 1 atom stereocenters. The van der Waals surface area contributed by atoms with Gasteiger partial charge in [0.1, 0.15) is 0 Å². The molecule has 1 amide bonds. The average molecular weight is 373 g/mol. The van der Waals surface area contributed by atoms with Gasteiger partial charge in [0, 0.05) is 18.7 Å². The molecule has 2 aliphatic rings. The van der Waals surface area contributed by atoms with Crippen LogP contribution in [0.25, 0.3) is 0 Å². The third kappa shape index (κ3) is 4.71. The summed E-state index contributed by atoms with van der Waals surface area (Å²) in [5.41, 5.74) is 1.95. The second-order valence-electron chi connectivity index (χ2n) is 6.98. The first-order chi connectivity index (χ1) is 10.9. The molecule has 1 spiro atoms. The second-order valence-corrected chi connectivity index (χ2v) is 9.12. The highest BCUT2D eigenvalue weighted by Crippen LogP contribution is 2.58. The zero-order valence-electron chi connectivity index (χ0n) is 13.9. The minimum atomic E-state index is -3.04. The molecule has 1 aliphatic heterocycles. The maximum Gasteiger partial charge on any atom is 0.223 e. The first-order valence-corrected chi connectivity index (χ1v) is 10.2. The fourth-order valence-corrected chi connectivity index (χ4v) is 4.43. The van der Waals surface area contributed by atoms with Gasteiger partial charge in [-0.15, -0.1) is 12.4 Å². The topological polar surface area (TPSA) is 75.3 Å². The smallest absolute Gasteiger partial charge is 0.223 e. The van der Waals surface area contributed by atoms with Crippen molar-refractivity contribution in [1.82, 2.24) is 10.6 Å². The predicted molar refractivity (Wildman–Crippen MR) is 96.7 cm³/mol. The first kappa shape index (κ1) is 19.2. The van der Waals surface area contributed by atoms with E-state index in [2.05, 4.69) is 10.6 Å². The number of benzene rings is 1. The lowest BCUT2D eigenvalue weighted by Crippen LogP contribution is -2.33. The van der Waals surface area contributed by atoms with Crippen molar-refractivity contribution in [3.63, 3.8) is 0 Å². The molecule has 0 radical (unpaired) electrons. The normalized spacial score (nSPS) is 21.8. The Morgan fingerprint density at radius 1 is 1.29 bits per heavy atom. The summed E-state index contributed by atoms with van der Waals surface area (Å²) >= 11 is 0. The summed E-state index contributed by atoms with van der Waals surface area (Å²) in [5.74, 6) is 0.331. The van der Waals surface area contributed by atoms with Crippen LogP contribution in [0.5, 0.6) is 0 Å². The second kappa shape index (κ2) is 7.42. The number of piperidine rings is 1. The Balaban J connectivity index is 0.00000208. The fraction of sp³-hybridized carbons (Fsp3) is 0.588. The predicted octanol–water partition coefficient (Wildman–Crippen LogP) is 1.66. The average Bonchev–Trinajstić information content (AvgIpc) is 3.17. The van der Waals surface area contributed by atoms with Gasteiger partial charge in [0.25, 0.3) is 0 Å². The van der Waals surface area contributed by atoms with E-state index >= 15 is 0 Å². The van der Waals surface area contributed by atoms with Gasteiger partial charge in [-0.05, 0) is 48.9 Å². The van der Waals surface area contributed by atoms with Crippen LogP contribution in [0.2, 0.25) is 0 Å². The molecule has 1 aromatic carbocycles. The number of nitrogens with one attached hydrogen (secondary N) is 2. The SMILES string of the molecule is CS(=O)(=O)Cc1cccc(CNC(=O)C2CC23CCNCC3)c1.Cl. The maximum atomic E-state index is 12.3. The van der Waals surface area contributed by atoms with E-state index in [1.54, 1.807) is 6.07 Å². The van der Waals surface area contributed by atoms with Gasteiger partial charge >= 0.3 is 0 Å². The monoisotopic (exact) mass is 372 g/mol. The van der Waals surface area contributed by atoms with E-state index in [9.17, 15) is 13.2 Å². The van der Waals surface area contributed by atoms with Crippen LogP contribution < -0.4 is 10.6 Å². The molecule has 5 nitrogen and oxygen atoms in total. The molecule has 3 rings (SSSR count). The van der Waals surface area contributed by atoms with E-state index in [4.69, 9.17) is 0 Å². The van der Waals surface area contributed by atoms with Crippen LogP contribution in [-0.4, -0.2) is 33.7 Å².